The van der Waals surface area contributed by atoms with Crippen molar-refractivity contribution < 1.29 is 14.3 Å². The van der Waals surface area contributed by atoms with Gasteiger partial charge in [0.2, 0.25) is 0 Å². The van der Waals surface area contributed by atoms with Gasteiger partial charge in [-0.3, -0.25) is 9.78 Å². The normalized spacial score (nSPS) is 10.5. The van der Waals surface area contributed by atoms with Crippen LogP contribution in [0, 0.1) is 0 Å². The fourth-order valence-electron chi connectivity index (χ4n) is 2.27. The summed E-state index contributed by atoms with van der Waals surface area (Å²) in [5.74, 6) is -0.781. The smallest absolute Gasteiger partial charge is 0.339 e. The lowest BCUT2D eigenvalue weighted by Gasteiger charge is -2.04. The second-order valence-electron chi connectivity index (χ2n) is 5.13. The predicted molar refractivity (Wildman–Crippen MR) is 86.8 cm³/mol. The number of nitrogens with one attached hydrogen (secondary N) is 1. The van der Waals surface area contributed by atoms with E-state index in [4.69, 9.17) is 0 Å². The maximum absolute atomic E-state index is 12.0. The highest BCUT2D eigenvalue weighted by Gasteiger charge is 2.10. The van der Waals surface area contributed by atoms with Crippen LogP contribution in [0.1, 0.15) is 26.5 Å². The fourth-order valence-corrected chi connectivity index (χ4v) is 2.27. The molecule has 0 aliphatic rings. The van der Waals surface area contributed by atoms with Crippen LogP contribution in [0.2, 0.25) is 0 Å². The Bertz CT molecular complexity index is 838. The van der Waals surface area contributed by atoms with Crippen molar-refractivity contribution in [3.63, 3.8) is 0 Å². The van der Waals surface area contributed by atoms with E-state index in [1.165, 1.54) is 25.4 Å². The molecule has 0 aromatic carbocycles. The zero-order valence-corrected chi connectivity index (χ0v) is 13.1. The van der Waals surface area contributed by atoms with Crippen molar-refractivity contribution in [3.05, 3.63) is 65.9 Å². The Morgan fingerprint density at radius 1 is 1.25 bits per heavy atom. The van der Waals surface area contributed by atoms with Gasteiger partial charge in [0.15, 0.2) is 0 Å². The molecule has 122 valence electrons. The van der Waals surface area contributed by atoms with E-state index in [1.807, 2.05) is 35.0 Å². The first-order chi connectivity index (χ1) is 11.7. The molecule has 3 rings (SSSR count). The van der Waals surface area contributed by atoms with Crippen molar-refractivity contribution in [2.24, 2.45) is 0 Å². The van der Waals surface area contributed by atoms with Crippen LogP contribution in [-0.2, 0) is 11.2 Å². The van der Waals surface area contributed by atoms with Gasteiger partial charge < -0.3 is 14.5 Å². The zero-order chi connectivity index (χ0) is 16.9. The molecule has 0 bridgehead atoms. The molecular formula is C17H16N4O3. The number of hydrogen-bond acceptors (Lipinski definition) is 5. The van der Waals surface area contributed by atoms with Crippen molar-refractivity contribution >= 4 is 17.5 Å². The Hall–Kier alpha value is -3.22. The number of ether oxygens (including phenoxy) is 1. The minimum atomic E-state index is -0.485. The molecule has 7 heteroatoms. The maximum atomic E-state index is 12.0. The largest absolute Gasteiger partial charge is 0.465 e. The summed E-state index contributed by atoms with van der Waals surface area (Å²) in [6.07, 6.45) is 5.80. The van der Waals surface area contributed by atoms with E-state index in [9.17, 15) is 9.59 Å². The number of hydrogen-bond donors (Lipinski definition) is 1. The van der Waals surface area contributed by atoms with E-state index < -0.39 is 5.97 Å². The number of rotatable bonds is 5. The van der Waals surface area contributed by atoms with E-state index in [0.717, 1.165) is 11.3 Å². The van der Waals surface area contributed by atoms with Gasteiger partial charge in [-0.2, -0.15) is 0 Å². The number of pyridine rings is 2. The van der Waals surface area contributed by atoms with Gasteiger partial charge in [-0.25, -0.2) is 9.78 Å². The van der Waals surface area contributed by atoms with Crippen molar-refractivity contribution in [2.45, 2.75) is 6.42 Å². The minimum absolute atomic E-state index is 0.248. The van der Waals surface area contributed by atoms with Gasteiger partial charge in [-0.05, 0) is 24.3 Å². The molecule has 3 aromatic heterocycles. The topological polar surface area (TPSA) is 85.6 Å². The fraction of sp³-hybridized carbons (Fsp3) is 0.176. The van der Waals surface area contributed by atoms with Crippen LogP contribution >= 0.6 is 0 Å². The van der Waals surface area contributed by atoms with Crippen LogP contribution in [-0.4, -0.2) is 39.9 Å². The first kappa shape index (κ1) is 15.7. The van der Waals surface area contributed by atoms with Crippen molar-refractivity contribution in [1.82, 2.24) is 19.7 Å². The SMILES string of the molecule is COC(=O)c1ccc(C(=O)NCCc2cn3ccccc3n2)nc1. The number of methoxy groups -OCH3 is 1. The van der Waals surface area contributed by atoms with Gasteiger partial charge >= 0.3 is 5.97 Å². The summed E-state index contributed by atoms with van der Waals surface area (Å²) in [7, 11) is 1.29. The second-order valence-corrected chi connectivity index (χ2v) is 5.13. The molecule has 0 saturated heterocycles. The predicted octanol–water partition coefficient (Wildman–Crippen LogP) is 1.49. The first-order valence-corrected chi connectivity index (χ1v) is 7.42. The monoisotopic (exact) mass is 324 g/mol. The molecular weight excluding hydrogens is 308 g/mol. The van der Waals surface area contributed by atoms with E-state index >= 15 is 0 Å². The standard InChI is InChI=1S/C17H16N4O3/c1-24-17(23)12-5-6-14(19-10-12)16(22)18-8-7-13-11-21-9-3-2-4-15(21)20-13/h2-6,9-11H,7-8H2,1H3,(H,18,22). The molecule has 0 aliphatic heterocycles. The average molecular weight is 324 g/mol. The number of carbonyl (C=O) groups excluding carboxylic acids is 2. The maximum Gasteiger partial charge on any atom is 0.339 e. The summed E-state index contributed by atoms with van der Waals surface area (Å²) in [5, 5.41) is 2.79. The van der Waals surface area contributed by atoms with Crippen molar-refractivity contribution in [3.8, 4) is 0 Å². The van der Waals surface area contributed by atoms with Gasteiger partial charge in [0.1, 0.15) is 11.3 Å². The quantitative estimate of drug-likeness (QED) is 0.719. The third kappa shape index (κ3) is 3.40. The lowest BCUT2D eigenvalue weighted by Crippen LogP contribution is -2.26. The number of esters is 1. The number of carbonyl (C=O) groups is 2. The lowest BCUT2D eigenvalue weighted by atomic mass is 10.2. The summed E-state index contributed by atoms with van der Waals surface area (Å²) in [4.78, 5) is 31.8. The molecule has 24 heavy (non-hydrogen) atoms. The Morgan fingerprint density at radius 2 is 2.12 bits per heavy atom. The van der Waals surface area contributed by atoms with Crippen molar-refractivity contribution in [1.29, 1.82) is 0 Å². The van der Waals surface area contributed by atoms with E-state index in [-0.39, 0.29) is 11.6 Å². The van der Waals surface area contributed by atoms with E-state index in [0.29, 0.717) is 18.5 Å². The molecule has 0 saturated carbocycles. The first-order valence-electron chi connectivity index (χ1n) is 7.42. The highest BCUT2D eigenvalue weighted by Crippen LogP contribution is 2.05. The molecule has 0 radical (unpaired) electrons. The van der Waals surface area contributed by atoms with Crippen LogP contribution in [0.4, 0.5) is 0 Å². The summed E-state index contributed by atoms with van der Waals surface area (Å²) < 4.78 is 6.52. The number of amides is 1. The highest BCUT2D eigenvalue weighted by atomic mass is 16.5. The molecule has 3 heterocycles. The number of aromatic nitrogens is 3. The van der Waals surface area contributed by atoms with Crippen LogP contribution in [0.5, 0.6) is 0 Å². The summed E-state index contributed by atoms with van der Waals surface area (Å²) in [6.45, 7) is 0.448. The second kappa shape index (κ2) is 6.91. The highest BCUT2D eigenvalue weighted by molar-refractivity contribution is 5.94. The summed E-state index contributed by atoms with van der Waals surface area (Å²) in [5.41, 5.74) is 2.32. The van der Waals surface area contributed by atoms with Gasteiger partial charge in [-0.1, -0.05) is 6.07 Å². The Morgan fingerprint density at radius 3 is 2.83 bits per heavy atom. The third-order valence-corrected chi connectivity index (χ3v) is 3.50. The third-order valence-electron chi connectivity index (χ3n) is 3.50. The minimum Gasteiger partial charge on any atom is -0.465 e. The number of fused-ring (bicyclic) bond motifs is 1. The Labute approximate surface area is 138 Å². The lowest BCUT2D eigenvalue weighted by molar-refractivity contribution is 0.0599. The molecule has 3 aromatic rings. The number of imidazole rings is 1. The van der Waals surface area contributed by atoms with Gasteiger partial charge in [0, 0.05) is 31.6 Å². The molecule has 0 spiro atoms. The molecule has 1 N–H and O–H groups in total. The van der Waals surface area contributed by atoms with Crippen LogP contribution < -0.4 is 5.32 Å². The molecule has 7 nitrogen and oxygen atoms in total. The van der Waals surface area contributed by atoms with Crippen molar-refractivity contribution in [2.75, 3.05) is 13.7 Å². The molecule has 0 aliphatic carbocycles. The van der Waals surface area contributed by atoms with Gasteiger partial charge in [0.05, 0.1) is 18.4 Å². The Kier molecular flexibility index (Phi) is 4.51. The molecule has 0 unspecified atom stereocenters. The molecule has 0 fully saturated rings. The van der Waals surface area contributed by atoms with Crippen LogP contribution in [0.3, 0.4) is 0 Å². The van der Waals surface area contributed by atoms with Crippen LogP contribution in [0.15, 0.2) is 48.9 Å². The van der Waals surface area contributed by atoms with Gasteiger partial charge in [-0.15, -0.1) is 0 Å². The summed E-state index contributed by atoms with van der Waals surface area (Å²) >= 11 is 0. The Balaban J connectivity index is 1.56. The van der Waals surface area contributed by atoms with Gasteiger partial charge in [0.25, 0.3) is 5.91 Å². The zero-order valence-electron chi connectivity index (χ0n) is 13.1. The number of nitrogens with zero attached hydrogens (tertiary/aromatic N) is 3. The van der Waals surface area contributed by atoms with E-state index in [2.05, 4.69) is 20.0 Å². The summed E-state index contributed by atoms with van der Waals surface area (Å²) in [6, 6.07) is 8.79. The van der Waals surface area contributed by atoms with Crippen LogP contribution in [0.25, 0.3) is 5.65 Å². The van der Waals surface area contributed by atoms with E-state index in [1.54, 1.807) is 0 Å². The molecule has 1 amide bonds. The average Bonchev–Trinajstić information content (AvgIpc) is 3.03. The molecule has 0 atom stereocenters.